The van der Waals surface area contributed by atoms with Gasteiger partial charge in [0.15, 0.2) is 0 Å². The van der Waals surface area contributed by atoms with Gasteiger partial charge < -0.3 is 19.9 Å². The van der Waals surface area contributed by atoms with E-state index in [0.717, 1.165) is 17.0 Å². The quantitative estimate of drug-likeness (QED) is 0.761. The molecule has 0 atom stereocenters. The van der Waals surface area contributed by atoms with Crippen LogP contribution in [0.2, 0.25) is 0 Å². The Kier molecular flexibility index (Phi) is 5.26. The molecule has 0 bridgehead atoms. The Labute approximate surface area is 119 Å². The van der Waals surface area contributed by atoms with Gasteiger partial charge in [-0.1, -0.05) is 12.1 Å². The summed E-state index contributed by atoms with van der Waals surface area (Å²) in [5, 5.41) is 12.7. The Balaban J connectivity index is 1.84. The third-order valence-corrected chi connectivity index (χ3v) is 2.82. The van der Waals surface area contributed by atoms with Crippen LogP contribution in [-0.2, 0) is 11.3 Å². The van der Waals surface area contributed by atoms with Crippen molar-refractivity contribution in [3.05, 3.63) is 54.1 Å². The first-order chi connectivity index (χ1) is 9.78. The third kappa shape index (κ3) is 4.48. The molecule has 0 heterocycles. The van der Waals surface area contributed by atoms with Crippen LogP contribution in [0.1, 0.15) is 5.56 Å². The Hall–Kier alpha value is -2.20. The molecule has 0 aliphatic carbocycles. The van der Waals surface area contributed by atoms with Crippen LogP contribution in [0.5, 0.6) is 11.5 Å². The highest BCUT2D eigenvalue weighted by Gasteiger charge is 1.97. The second-order valence-electron chi connectivity index (χ2n) is 4.39. The van der Waals surface area contributed by atoms with Crippen molar-refractivity contribution in [2.24, 2.45) is 0 Å². The second kappa shape index (κ2) is 7.40. The first kappa shape index (κ1) is 14.2. The molecule has 2 aromatic rings. The minimum atomic E-state index is 0.284. The smallest absolute Gasteiger partial charge is 0.119 e. The van der Waals surface area contributed by atoms with Crippen LogP contribution in [0.15, 0.2) is 48.5 Å². The number of benzene rings is 2. The lowest BCUT2D eigenvalue weighted by Crippen LogP contribution is -2.04. The maximum Gasteiger partial charge on any atom is 0.119 e. The standard InChI is InChI=1S/C16H19NO3/c1-19-9-10-20-16-7-5-14(6-8-16)17-12-13-3-2-4-15(18)11-13/h2-8,11,17-18H,9-10,12H2,1H3. The molecule has 0 unspecified atom stereocenters. The van der Waals surface area contributed by atoms with Crippen LogP contribution in [0.4, 0.5) is 5.69 Å². The highest BCUT2D eigenvalue weighted by molar-refractivity contribution is 5.47. The highest BCUT2D eigenvalue weighted by Crippen LogP contribution is 2.17. The van der Waals surface area contributed by atoms with Gasteiger partial charge in [-0.15, -0.1) is 0 Å². The van der Waals surface area contributed by atoms with Crippen LogP contribution >= 0.6 is 0 Å². The van der Waals surface area contributed by atoms with E-state index in [2.05, 4.69) is 5.32 Å². The summed E-state index contributed by atoms with van der Waals surface area (Å²) < 4.78 is 10.4. The lowest BCUT2D eigenvalue weighted by molar-refractivity contribution is 0.146. The zero-order chi connectivity index (χ0) is 14.2. The maximum absolute atomic E-state index is 9.39. The van der Waals surface area contributed by atoms with Crippen molar-refractivity contribution in [3.63, 3.8) is 0 Å². The molecule has 0 fully saturated rings. The number of rotatable bonds is 7. The minimum absolute atomic E-state index is 0.284. The fourth-order valence-electron chi connectivity index (χ4n) is 1.78. The Bertz CT molecular complexity index is 526. The van der Waals surface area contributed by atoms with Gasteiger partial charge in [-0.05, 0) is 42.0 Å². The predicted molar refractivity (Wildman–Crippen MR) is 79.2 cm³/mol. The second-order valence-corrected chi connectivity index (χ2v) is 4.39. The summed E-state index contributed by atoms with van der Waals surface area (Å²) >= 11 is 0. The van der Waals surface area contributed by atoms with Gasteiger partial charge in [0.25, 0.3) is 0 Å². The minimum Gasteiger partial charge on any atom is -0.508 e. The highest BCUT2D eigenvalue weighted by atomic mass is 16.5. The number of nitrogens with one attached hydrogen (secondary N) is 1. The van der Waals surface area contributed by atoms with E-state index in [0.29, 0.717) is 19.8 Å². The molecule has 0 aromatic heterocycles. The molecule has 4 nitrogen and oxygen atoms in total. The van der Waals surface area contributed by atoms with Gasteiger partial charge in [-0.3, -0.25) is 0 Å². The SMILES string of the molecule is COCCOc1ccc(NCc2cccc(O)c2)cc1. The average molecular weight is 273 g/mol. The van der Waals surface area contributed by atoms with Crippen LogP contribution in [-0.4, -0.2) is 25.4 Å². The van der Waals surface area contributed by atoms with E-state index in [-0.39, 0.29) is 5.75 Å². The van der Waals surface area contributed by atoms with Gasteiger partial charge in [0, 0.05) is 19.3 Å². The van der Waals surface area contributed by atoms with E-state index < -0.39 is 0 Å². The summed E-state index contributed by atoms with van der Waals surface area (Å²) in [6, 6.07) is 15.0. The Morgan fingerprint density at radius 2 is 1.85 bits per heavy atom. The molecule has 2 N–H and O–H groups in total. The number of hydrogen-bond donors (Lipinski definition) is 2. The third-order valence-electron chi connectivity index (χ3n) is 2.82. The summed E-state index contributed by atoms with van der Waals surface area (Å²) in [6.07, 6.45) is 0. The van der Waals surface area contributed by atoms with Gasteiger partial charge in [-0.2, -0.15) is 0 Å². The molecule has 0 spiro atoms. The van der Waals surface area contributed by atoms with E-state index in [4.69, 9.17) is 9.47 Å². The first-order valence-electron chi connectivity index (χ1n) is 6.51. The molecule has 0 aliphatic heterocycles. The van der Waals surface area contributed by atoms with Gasteiger partial charge in [0.1, 0.15) is 18.1 Å². The van der Waals surface area contributed by atoms with Crippen molar-refractivity contribution in [1.82, 2.24) is 0 Å². The lowest BCUT2D eigenvalue weighted by Gasteiger charge is -2.09. The van der Waals surface area contributed by atoms with Crippen molar-refractivity contribution in [1.29, 1.82) is 0 Å². The molecular weight excluding hydrogens is 254 g/mol. The number of aromatic hydroxyl groups is 1. The van der Waals surface area contributed by atoms with Crippen molar-refractivity contribution in [3.8, 4) is 11.5 Å². The first-order valence-corrected chi connectivity index (χ1v) is 6.51. The van der Waals surface area contributed by atoms with Crippen molar-refractivity contribution in [2.75, 3.05) is 25.6 Å². The zero-order valence-electron chi connectivity index (χ0n) is 11.5. The molecule has 2 aromatic carbocycles. The fraction of sp³-hybridized carbons (Fsp3) is 0.250. The van der Waals surface area contributed by atoms with E-state index in [1.54, 1.807) is 19.2 Å². The topological polar surface area (TPSA) is 50.7 Å². The van der Waals surface area contributed by atoms with Gasteiger partial charge in [-0.25, -0.2) is 0 Å². The molecule has 0 saturated carbocycles. The molecule has 106 valence electrons. The average Bonchev–Trinajstić information content (AvgIpc) is 2.47. The molecule has 0 saturated heterocycles. The largest absolute Gasteiger partial charge is 0.508 e. The summed E-state index contributed by atoms with van der Waals surface area (Å²) in [5.74, 6) is 1.11. The zero-order valence-corrected chi connectivity index (χ0v) is 11.5. The van der Waals surface area contributed by atoms with Gasteiger partial charge >= 0.3 is 0 Å². The molecular formula is C16H19NO3. The maximum atomic E-state index is 9.39. The van der Waals surface area contributed by atoms with Gasteiger partial charge in [0.05, 0.1) is 6.61 Å². The molecule has 2 rings (SSSR count). The number of hydrogen-bond acceptors (Lipinski definition) is 4. The fourth-order valence-corrected chi connectivity index (χ4v) is 1.78. The van der Waals surface area contributed by atoms with Crippen LogP contribution in [0.25, 0.3) is 0 Å². The number of phenols is 1. The van der Waals surface area contributed by atoms with Crippen molar-refractivity contribution in [2.45, 2.75) is 6.54 Å². The summed E-state index contributed by atoms with van der Waals surface area (Å²) in [4.78, 5) is 0. The molecule has 0 radical (unpaired) electrons. The van der Waals surface area contributed by atoms with Crippen LogP contribution in [0, 0.1) is 0 Å². The van der Waals surface area contributed by atoms with E-state index >= 15 is 0 Å². The molecule has 20 heavy (non-hydrogen) atoms. The Morgan fingerprint density at radius 1 is 1.05 bits per heavy atom. The van der Waals surface area contributed by atoms with E-state index in [1.807, 2.05) is 36.4 Å². The van der Waals surface area contributed by atoms with Crippen LogP contribution < -0.4 is 10.1 Å². The summed E-state index contributed by atoms with van der Waals surface area (Å²) in [7, 11) is 1.65. The van der Waals surface area contributed by atoms with Crippen LogP contribution in [0.3, 0.4) is 0 Å². The normalized spacial score (nSPS) is 10.2. The number of methoxy groups -OCH3 is 1. The lowest BCUT2D eigenvalue weighted by atomic mass is 10.2. The number of anilines is 1. The summed E-state index contributed by atoms with van der Waals surface area (Å²) in [6.45, 7) is 1.79. The van der Waals surface area contributed by atoms with Gasteiger partial charge in [0.2, 0.25) is 0 Å². The summed E-state index contributed by atoms with van der Waals surface area (Å²) in [5.41, 5.74) is 2.04. The molecule has 4 heteroatoms. The van der Waals surface area contributed by atoms with Crippen molar-refractivity contribution < 1.29 is 14.6 Å². The van der Waals surface area contributed by atoms with Crippen molar-refractivity contribution >= 4 is 5.69 Å². The molecule has 0 amide bonds. The molecule has 0 aliphatic rings. The number of phenolic OH excluding ortho intramolecular Hbond substituents is 1. The predicted octanol–water partition coefficient (Wildman–Crippen LogP) is 3.03. The van der Waals surface area contributed by atoms with E-state index in [9.17, 15) is 5.11 Å². The number of ether oxygens (including phenoxy) is 2. The monoisotopic (exact) mass is 273 g/mol. The Morgan fingerprint density at radius 3 is 2.55 bits per heavy atom. The van der Waals surface area contributed by atoms with E-state index in [1.165, 1.54) is 0 Å².